The Morgan fingerprint density at radius 3 is 2.68 bits per heavy atom. The minimum atomic E-state index is 0.712. The van der Waals surface area contributed by atoms with E-state index in [-0.39, 0.29) is 0 Å². The van der Waals surface area contributed by atoms with E-state index in [0.717, 1.165) is 37.8 Å². The molecule has 100 valence electrons. The average Bonchev–Trinajstić information content (AvgIpc) is 3.00. The van der Waals surface area contributed by atoms with Gasteiger partial charge in [-0.15, -0.1) is 0 Å². The van der Waals surface area contributed by atoms with Crippen molar-refractivity contribution in [3.63, 3.8) is 0 Å². The molecule has 1 fully saturated rings. The number of hydrogen-bond acceptors (Lipinski definition) is 4. The van der Waals surface area contributed by atoms with Crippen LogP contribution in [0.3, 0.4) is 0 Å². The van der Waals surface area contributed by atoms with Gasteiger partial charge in [0, 0.05) is 36.9 Å². The van der Waals surface area contributed by atoms with E-state index in [4.69, 9.17) is 4.74 Å². The molecule has 0 spiro atoms. The van der Waals surface area contributed by atoms with E-state index in [2.05, 4.69) is 44.5 Å². The molecule has 0 bridgehead atoms. The molecule has 1 saturated heterocycles. The number of benzene rings is 1. The van der Waals surface area contributed by atoms with Gasteiger partial charge in [0.2, 0.25) is 0 Å². The maximum absolute atomic E-state index is 5.36. The molecule has 5 nitrogen and oxygen atoms in total. The molecule has 0 saturated carbocycles. The van der Waals surface area contributed by atoms with E-state index in [9.17, 15) is 0 Å². The number of ether oxygens (including phenoxy) is 1. The van der Waals surface area contributed by atoms with E-state index in [1.54, 1.807) is 6.20 Å². The van der Waals surface area contributed by atoms with Crippen molar-refractivity contribution in [3.05, 3.63) is 42.5 Å². The van der Waals surface area contributed by atoms with Gasteiger partial charge in [0.1, 0.15) is 5.82 Å². The van der Waals surface area contributed by atoms with Crippen molar-refractivity contribution in [2.24, 2.45) is 0 Å². The Balaban J connectivity index is 1.58. The van der Waals surface area contributed by atoms with Crippen LogP contribution in [0.25, 0.3) is 0 Å². The third-order valence-corrected chi connectivity index (χ3v) is 3.26. The van der Waals surface area contributed by atoms with Crippen molar-refractivity contribution < 1.29 is 4.74 Å². The largest absolute Gasteiger partial charge is 0.378 e. The van der Waals surface area contributed by atoms with Gasteiger partial charge in [-0.3, -0.25) is 0 Å². The minimum Gasteiger partial charge on any atom is -0.378 e. The molecule has 1 aromatic carbocycles. The van der Waals surface area contributed by atoms with E-state index in [1.807, 2.05) is 6.20 Å². The van der Waals surface area contributed by atoms with Crippen LogP contribution in [0.5, 0.6) is 0 Å². The van der Waals surface area contributed by atoms with Crippen LogP contribution in [0, 0.1) is 0 Å². The number of imidazole rings is 1. The first-order chi connectivity index (χ1) is 9.42. The quantitative estimate of drug-likeness (QED) is 0.879. The second-order valence-corrected chi connectivity index (χ2v) is 4.54. The van der Waals surface area contributed by atoms with Crippen LogP contribution in [0.15, 0.2) is 36.7 Å². The third-order valence-electron chi connectivity index (χ3n) is 3.26. The number of anilines is 2. The molecule has 2 aromatic rings. The first-order valence-electron chi connectivity index (χ1n) is 6.57. The van der Waals surface area contributed by atoms with Crippen LogP contribution in [0.1, 0.15) is 5.82 Å². The third kappa shape index (κ3) is 3.06. The Morgan fingerprint density at radius 2 is 2.00 bits per heavy atom. The number of aromatic nitrogens is 2. The van der Waals surface area contributed by atoms with Gasteiger partial charge in [0.15, 0.2) is 0 Å². The van der Waals surface area contributed by atoms with E-state index in [1.165, 1.54) is 5.69 Å². The van der Waals surface area contributed by atoms with Crippen LogP contribution in [0.4, 0.5) is 11.4 Å². The highest BCUT2D eigenvalue weighted by Crippen LogP contribution is 2.19. The lowest BCUT2D eigenvalue weighted by Crippen LogP contribution is -2.36. The summed E-state index contributed by atoms with van der Waals surface area (Å²) in [5.41, 5.74) is 2.36. The summed E-state index contributed by atoms with van der Waals surface area (Å²) < 4.78 is 5.36. The molecule has 0 unspecified atom stereocenters. The number of aromatic amines is 1. The van der Waals surface area contributed by atoms with E-state index < -0.39 is 0 Å². The second-order valence-electron chi connectivity index (χ2n) is 4.54. The van der Waals surface area contributed by atoms with Gasteiger partial charge in [-0.05, 0) is 24.3 Å². The lowest BCUT2D eigenvalue weighted by molar-refractivity contribution is 0.122. The fourth-order valence-electron chi connectivity index (χ4n) is 2.19. The lowest BCUT2D eigenvalue weighted by atomic mass is 10.2. The second kappa shape index (κ2) is 5.75. The molecule has 0 radical (unpaired) electrons. The van der Waals surface area contributed by atoms with E-state index in [0.29, 0.717) is 6.54 Å². The van der Waals surface area contributed by atoms with Crippen molar-refractivity contribution in [3.8, 4) is 0 Å². The Labute approximate surface area is 112 Å². The number of rotatable bonds is 4. The lowest BCUT2D eigenvalue weighted by Gasteiger charge is -2.28. The van der Waals surface area contributed by atoms with Crippen molar-refractivity contribution in [2.45, 2.75) is 6.54 Å². The number of nitrogens with zero attached hydrogens (tertiary/aromatic N) is 2. The van der Waals surface area contributed by atoms with Gasteiger partial charge in [-0.1, -0.05) is 0 Å². The highest BCUT2D eigenvalue weighted by atomic mass is 16.5. The van der Waals surface area contributed by atoms with E-state index >= 15 is 0 Å². The van der Waals surface area contributed by atoms with Crippen LogP contribution >= 0.6 is 0 Å². The monoisotopic (exact) mass is 258 g/mol. The number of morpholine rings is 1. The molecule has 1 aromatic heterocycles. The molecule has 0 aliphatic carbocycles. The summed E-state index contributed by atoms with van der Waals surface area (Å²) in [7, 11) is 0. The average molecular weight is 258 g/mol. The van der Waals surface area contributed by atoms with Crippen molar-refractivity contribution in [2.75, 3.05) is 36.5 Å². The summed E-state index contributed by atoms with van der Waals surface area (Å²) in [6.45, 7) is 4.29. The van der Waals surface area contributed by atoms with Gasteiger partial charge in [-0.2, -0.15) is 0 Å². The maximum Gasteiger partial charge on any atom is 0.125 e. The van der Waals surface area contributed by atoms with Crippen molar-refractivity contribution >= 4 is 11.4 Å². The SMILES string of the molecule is c1c[nH]c(CNc2ccc(N3CCOCC3)cc2)n1. The zero-order chi connectivity index (χ0) is 12.9. The zero-order valence-corrected chi connectivity index (χ0v) is 10.8. The number of nitrogens with one attached hydrogen (secondary N) is 2. The molecular formula is C14H18N4O. The Kier molecular flexibility index (Phi) is 3.65. The first kappa shape index (κ1) is 12.0. The van der Waals surface area contributed by atoms with Gasteiger partial charge in [0.25, 0.3) is 0 Å². The summed E-state index contributed by atoms with van der Waals surface area (Å²) in [6, 6.07) is 8.51. The van der Waals surface area contributed by atoms with Gasteiger partial charge in [0.05, 0.1) is 19.8 Å². The smallest absolute Gasteiger partial charge is 0.125 e. The molecule has 5 heteroatoms. The summed E-state index contributed by atoms with van der Waals surface area (Å²) in [4.78, 5) is 9.60. The fraction of sp³-hybridized carbons (Fsp3) is 0.357. The molecule has 0 amide bonds. The maximum atomic E-state index is 5.36. The summed E-state index contributed by atoms with van der Waals surface area (Å²) in [5.74, 6) is 0.942. The molecule has 2 N–H and O–H groups in total. The molecule has 0 atom stereocenters. The highest BCUT2D eigenvalue weighted by molar-refractivity contribution is 5.55. The topological polar surface area (TPSA) is 53.2 Å². The normalized spacial score (nSPS) is 15.5. The predicted octanol–water partition coefficient (Wildman–Crippen LogP) is 1.86. The molecule has 1 aliphatic rings. The van der Waals surface area contributed by atoms with Gasteiger partial charge < -0.3 is 19.9 Å². The highest BCUT2D eigenvalue weighted by Gasteiger charge is 2.10. The molecule has 1 aliphatic heterocycles. The molecule has 2 heterocycles. The van der Waals surface area contributed by atoms with Gasteiger partial charge >= 0.3 is 0 Å². The Morgan fingerprint density at radius 1 is 1.21 bits per heavy atom. The zero-order valence-electron chi connectivity index (χ0n) is 10.8. The fourth-order valence-corrected chi connectivity index (χ4v) is 2.19. The Hall–Kier alpha value is -2.01. The molecule has 19 heavy (non-hydrogen) atoms. The van der Waals surface area contributed by atoms with Crippen LogP contribution in [0.2, 0.25) is 0 Å². The van der Waals surface area contributed by atoms with Crippen molar-refractivity contribution in [1.29, 1.82) is 0 Å². The Bertz CT molecular complexity index is 489. The summed E-state index contributed by atoms with van der Waals surface area (Å²) in [6.07, 6.45) is 3.59. The van der Waals surface area contributed by atoms with Crippen LogP contribution in [-0.2, 0) is 11.3 Å². The predicted molar refractivity (Wildman–Crippen MR) is 75.4 cm³/mol. The first-order valence-corrected chi connectivity index (χ1v) is 6.57. The standard InChI is InChI=1S/C14H18N4O/c1-3-13(18-7-9-19-10-8-18)4-2-12(1)17-11-14-15-5-6-16-14/h1-6,17H,7-11H2,(H,15,16). The van der Waals surface area contributed by atoms with Crippen LogP contribution in [-0.4, -0.2) is 36.3 Å². The molecule has 3 rings (SSSR count). The van der Waals surface area contributed by atoms with Crippen molar-refractivity contribution in [1.82, 2.24) is 9.97 Å². The molecular weight excluding hydrogens is 240 g/mol. The summed E-state index contributed by atoms with van der Waals surface area (Å²) in [5, 5.41) is 3.34. The van der Waals surface area contributed by atoms with Crippen LogP contribution < -0.4 is 10.2 Å². The van der Waals surface area contributed by atoms with Gasteiger partial charge in [-0.25, -0.2) is 4.98 Å². The number of hydrogen-bond donors (Lipinski definition) is 2. The summed E-state index contributed by atoms with van der Waals surface area (Å²) >= 11 is 0. The minimum absolute atomic E-state index is 0.712. The number of H-pyrrole nitrogens is 1.